The zero-order valence-corrected chi connectivity index (χ0v) is 14.8. The van der Waals surface area contributed by atoms with Crippen molar-refractivity contribution in [3.8, 4) is 17.0 Å². The molecule has 2 N–H and O–H groups in total. The molecular weight excluding hydrogens is 354 g/mol. The van der Waals surface area contributed by atoms with Crippen molar-refractivity contribution in [1.82, 2.24) is 20.2 Å². The number of anilines is 3. The summed E-state index contributed by atoms with van der Waals surface area (Å²) >= 11 is 0. The highest BCUT2D eigenvalue weighted by molar-refractivity contribution is 5.66. The zero-order valence-electron chi connectivity index (χ0n) is 14.8. The van der Waals surface area contributed by atoms with E-state index in [1.807, 2.05) is 0 Å². The molecule has 3 heterocycles. The van der Waals surface area contributed by atoms with Crippen molar-refractivity contribution in [2.45, 2.75) is 12.6 Å². The van der Waals surface area contributed by atoms with Crippen LogP contribution in [0.5, 0.6) is 5.75 Å². The number of ether oxygens (including phenoxy) is 1. The average Bonchev–Trinajstić information content (AvgIpc) is 3.08. The maximum atomic E-state index is 13.9. The summed E-state index contributed by atoms with van der Waals surface area (Å²) in [6.45, 7) is 2.09. The lowest BCUT2D eigenvalue weighted by Crippen LogP contribution is -2.57. The molecule has 3 aromatic rings. The summed E-state index contributed by atoms with van der Waals surface area (Å²) in [6, 6.07) is 8.10. The second-order valence-corrected chi connectivity index (χ2v) is 6.65. The lowest BCUT2D eigenvalue weighted by Gasteiger charge is -2.42. The molecule has 0 amide bonds. The van der Waals surface area contributed by atoms with Gasteiger partial charge in [0, 0.05) is 17.8 Å². The number of nitrogens with one attached hydrogen (secondary N) is 2. The van der Waals surface area contributed by atoms with Crippen molar-refractivity contribution < 1.29 is 13.5 Å². The molecule has 0 radical (unpaired) electrons. The van der Waals surface area contributed by atoms with E-state index in [2.05, 4.69) is 25.5 Å². The SMILES string of the molecule is COc1ccc(-c2cc(Nc3ccnc(N4CC(C)(F)C4)n3)n[nH]2)cc1F. The quantitative estimate of drug-likeness (QED) is 0.715. The Morgan fingerprint density at radius 1 is 1.22 bits per heavy atom. The summed E-state index contributed by atoms with van der Waals surface area (Å²) in [5.74, 6) is 1.24. The van der Waals surface area contributed by atoms with E-state index in [-0.39, 0.29) is 18.8 Å². The molecule has 1 saturated heterocycles. The van der Waals surface area contributed by atoms with E-state index in [0.717, 1.165) is 0 Å². The van der Waals surface area contributed by atoms with Gasteiger partial charge in [-0.3, -0.25) is 5.10 Å². The van der Waals surface area contributed by atoms with Crippen molar-refractivity contribution in [2.75, 3.05) is 30.4 Å². The summed E-state index contributed by atoms with van der Waals surface area (Å²) in [4.78, 5) is 10.3. The number of benzene rings is 1. The van der Waals surface area contributed by atoms with Crippen molar-refractivity contribution in [1.29, 1.82) is 0 Å². The van der Waals surface area contributed by atoms with Gasteiger partial charge >= 0.3 is 0 Å². The standard InChI is InChI=1S/C18H18F2N6O/c1-18(20)9-26(10-18)17-21-6-5-15(23-17)22-16-8-13(24-25-16)11-3-4-14(27-2)12(19)7-11/h3-8H,9-10H2,1-2H3,(H2,21,22,23,24,25). The molecule has 140 valence electrons. The van der Waals surface area contributed by atoms with Crippen LogP contribution in [0.1, 0.15) is 6.92 Å². The van der Waals surface area contributed by atoms with Crippen LogP contribution in [0.25, 0.3) is 11.3 Å². The Hall–Kier alpha value is -3.23. The van der Waals surface area contributed by atoms with Gasteiger partial charge in [0.1, 0.15) is 11.5 Å². The summed E-state index contributed by atoms with van der Waals surface area (Å²) < 4.78 is 32.5. The summed E-state index contributed by atoms with van der Waals surface area (Å²) in [6.07, 6.45) is 1.60. The van der Waals surface area contributed by atoms with Crippen LogP contribution in [0.15, 0.2) is 36.5 Å². The number of H-pyrrole nitrogens is 1. The van der Waals surface area contributed by atoms with Crippen LogP contribution in [0.4, 0.5) is 26.4 Å². The number of hydrogen-bond donors (Lipinski definition) is 2. The van der Waals surface area contributed by atoms with Crippen LogP contribution in [0, 0.1) is 5.82 Å². The Morgan fingerprint density at radius 3 is 2.74 bits per heavy atom. The van der Waals surface area contributed by atoms with E-state index >= 15 is 0 Å². The molecule has 0 atom stereocenters. The molecule has 1 fully saturated rings. The fourth-order valence-corrected chi connectivity index (χ4v) is 2.96. The highest BCUT2D eigenvalue weighted by Gasteiger charge is 2.40. The van der Waals surface area contributed by atoms with Crippen molar-refractivity contribution in [2.24, 2.45) is 0 Å². The van der Waals surface area contributed by atoms with Gasteiger partial charge in [-0.15, -0.1) is 0 Å². The molecule has 1 aliphatic heterocycles. The number of nitrogens with zero attached hydrogens (tertiary/aromatic N) is 4. The van der Waals surface area contributed by atoms with Crippen LogP contribution in [0.2, 0.25) is 0 Å². The van der Waals surface area contributed by atoms with E-state index in [1.165, 1.54) is 13.2 Å². The number of aromatic nitrogens is 4. The van der Waals surface area contributed by atoms with Crippen molar-refractivity contribution in [3.63, 3.8) is 0 Å². The minimum Gasteiger partial charge on any atom is -0.494 e. The smallest absolute Gasteiger partial charge is 0.227 e. The minimum atomic E-state index is -1.20. The zero-order chi connectivity index (χ0) is 19.0. The Bertz CT molecular complexity index is 966. The van der Waals surface area contributed by atoms with E-state index < -0.39 is 11.5 Å². The number of hydrogen-bond acceptors (Lipinski definition) is 6. The van der Waals surface area contributed by atoms with Gasteiger partial charge in [-0.25, -0.2) is 13.8 Å². The number of methoxy groups -OCH3 is 1. The van der Waals surface area contributed by atoms with Gasteiger partial charge in [0.25, 0.3) is 0 Å². The lowest BCUT2D eigenvalue weighted by atomic mass is 10.00. The van der Waals surface area contributed by atoms with Crippen LogP contribution < -0.4 is 15.0 Å². The van der Waals surface area contributed by atoms with Crippen LogP contribution >= 0.6 is 0 Å². The summed E-state index contributed by atoms with van der Waals surface area (Å²) in [5, 5.41) is 10.1. The fraction of sp³-hybridized carbons (Fsp3) is 0.278. The molecule has 0 spiro atoms. The van der Waals surface area contributed by atoms with Gasteiger partial charge in [-0.05, 0) is 31.2 Å². The fourth-order valence-electron chi connectivity index (χ4n) is 2.96. The van der Waals surface area contributed by atoms with Gasteiger partial charge in [-0.2, -0.15) is 10.1 Å². The maximum Gasteiger partial charge on any atom is 0.227 e. The highest BCUT2D eigenvalue weighted by Crippen LogP contribution is 2.29. The predicted octanol–water partition coefficient (Wildman–Crippen LogP) is 3.31. The number of aromatic amines is 1. The first-order chi connectivity index (χ1) is 12.9. The van der Waals surface area contributed by atoms with Crippen molar-refractivity contribution >= 4 is 17.6 Å². The lowest BCUT2D eigenvalue weighted by molar-refractivity contribution is 0.143. The highest BCUT2D eigenvalue weighted by atomic mass is 19.1. The van der Waals surface area contributed by atoms with E-state index in [0.29, 0.717) is 28.8 Å². The molecule has 0 saturated carbocycles. The molecule has 0 aliphatic carbocycles. The third kappa shape index (κ3) is 3.53. The molecule has 1 aromatic carbocycles. The average molecular weight is 372 g/mol. The first-order valence-electron chi connectivity index (χ1n) is 8.37. The molecule has 7 nitrogen and oxygen atoms in total. The molecule has 9 heteroatoms. The number of rotatable bonds is 5. The van der Waals surface area contributed by atoms with Gasteiger partial charge in [0.15, 0.2) is 17.4 Å². The molecule has 27 heavy (non-hydrogen) atoms. The van der Waals surface area contributed by atoms with Crippen LogP contribution in [-0.4, -0.2) is 46.0 Å². The first-order valence-corrected chi connectivity index (χ1v) is 8.37. The Kier molecular flexibility index (Phi) is 4.14. The van der Waals surface area contributed by atoms with Crippen LogP contribution in [-0.2, 0) is 0 Å². The topological polar surface area (TPSA) is 79.0 Å². The minimum absolute atomic E-state index is 0.181. The summed E-state index contributed by atoms with van der Waals surface area (Å²) in [5.41, 5.74) is 0.0849. The number of alkyl halides is 1. The third-order valence-corrected chi connectivity index (χ3v) is 4.26. The molecule has 2 aromatic heterocycles. The van der Waals surface area contributed by atoms with E-state index in [1.54, 1.807) is 42.3 Å². The summed E-state index contributed by atoms with van der Waals surface area (Å²) in [7, 11) is 1.42. The first kappa shape index (κ1) is 17.2. The maximum absolute atomic E-state index is 13.9. The number of halogens is 2. The molecule has 0 unspecified atom stereocenters. The van der Waals surface area contributed by atoms with Crippen LogP contribution in [0.3, 0.4) is 0 Å². The van der Waals surface area contributed by atoms with E-state index in [9.17, 15) is 8.78 Å². The molecule has 1 aliphatic rings. The Labute approximate surface area is 154 Å². The second kappa shape index (κ2) is 6.49. The van der Waals surface area contributed by atoms with Gasteiger partial charge in [0.2, 0.25) is 5.95 Å². The van der Waals surface area contributed by atoms with Gasteiger partial charge in [0.05, 0.1) is 25.9 Å². The Balaban J connectivity index is 1.49. The van der Waals surface area contributed by atoms with Crippen molar-refractivity contribution in [3.05, 3.63) is 42.3 Å². The normalized spacial score (nSPS) is 15.3. The predicted molar refractivity (Wildman–Crippen MR) is 97.6 cm³/mol. The molecule has 4 rings (SSSR count). The Morgan fingerprint density at radius 2 is 2.04 bits per heavy atom. The largest absolute Gasteiger partial charge is 0.494 e. The van der Waals surface area contributed by atoms with Gasteiger partial charge in [-0.1, -0.05) is 0 Å². The van der Waals surface area contributed by atoms with E-state index in [4.69, 9.17) is 4.74 Å². The molecule has 0 bridgehead atoms. The second-order valence-electron chi connectivity index (χ2n) is 6.65. The van der Waals surface area contributed by atoms with Gasteiger partial charge < -0.3 is 15.0 Å². The monoisotopic (exact) mass is 372 g/mol. The third-order valence-electron chi connectivity index (χ3n) is 4.26. The molecular formula is C18H18F2N6O.